The van der Waals surface area contributed by atoms with E-state index in [9.17, 15) is 4.79 Å². The molecular weight excluding hydrogens is 324 g/mol. The van der Waals surface area contributed by atoms with Crippen molar-refractivity contribution in [2.24, 2.45) is 0 Å². The van der Waals surface area contributed by atoms with Crippen LogP contribution < -0.4 is 5.32 Å². The molecule has 1 aliphatic heterocycles. The van der Waals surface area contributed by atoms with Gasteiger partial charge < -0.3 is 10.2 Å². The van der Waals surface area contributed by atoms with Crippen molar-refractivity contribution >= 4 is 5.91 Å². The van der Waals surface area contributed by atoms with Gasteiger partial charge in [0.15, 0.2) is 0 Å². The molecule has 0 saturated carbocycles. The summed E-state index contributed by atoms with van der Waals surface area (Å²) in [6.07, 6.45) is 12.2. The van der Waals surface area contributed by atoms with Crippen LogP contribution in [0.1, 0.15) is 34.0 Å². The largest absolute Gasteiger partial charge is 0.371 e. The number of rotatable bonds is 5. The first-order chi connectivity index (χ1) is 12.7. The number of nitrogens with zero attached hydrogens (tertiary/aromatic N) is 3. The third kappa shape index (κ3) is 3.43. The molecule has 0 radical (unpaired) electrons. The Morgan fingerprint density at radius 2 is 2.04 bits per heavy atom. The quantitative estimate of drug-likeness (QED) is 0.904. The second-order valence-corrected chi connectivity index (χ2v) is 6.81. The van der Waals surface area contributed by atoms with Gasteiger partial charge in [-0.15, -0.1) is 0 Å². The second-order valence-electron chi connectivity index (χ2n) is 6.81. The molecule has 4 rings (SSSR count). The van der Waals surface area contributed by atoms with Crippen LogP contribution in [0.4, 0.5) is 0 Å². The second kappa shape index (κ2) is 7.20. The van der Waals surface area contributed by atoms with Gasteiger partial charge in [0.25, 0.3) is 5.91 Å². The Hall–Kier alpha value is -2.82. The summed E-state index contributed by atoms with van der Waals surface area (Å²) in [5.41, 5.74) is 5.73. The van der Waals surface area contributed by atoms with Gasteiger partial charge in [0.05, 0.1) is 6.20 Å². The Bertz CT molecular complexity index is 878. The SMILES string of the molecule is CCn1cc(CNC(=O)c2ccc3c(c2)CCN(C2=CC=C2)CC3)cn1. The smallest absolute Gasteiger partial charge is 0.251 e. The maximum atomic E-state index is 12.5. The van der Waals surface area contributed by atoms with Gasteiger partial charge in [-0.25, -0.2) is 0 Å². The highest BCUT2D eigenvalue weighted by molar-refractivity contribution is 5.94. The van der Waals surface area contributed by atoms with Crippen molar-refractivity contribution in [2.45, 2.75) is 32.9 Å². The predicted octanol–water partition coefficient (Wildman–Crippen LogP) is 2.69. The topological polar surface area (TPSA) is 50.2 Å². The number of hydrogen-bond donors (Lipinski definition) is 1. The van der Waals surface area contributed by atoms with Crippen LogP contribution >= 0.6 is 0 Å². The van der Waals surface area contributed by atoms with E-state index in [0.29, 0.717) is 6.54 Å². The van der Waals surface area contributed by atoms with Gasteiger partial charge >= 0.3 is 0 Å². The number of carbonyl (C=O) groups excluding carboxylic acids is 1. The number of allylic oxidation sites excluding steroid dienone is 3. The van der Waals surface area contributed by atoms with E-state index in [-0.39, 0.29) is 5.91 Å². The maximum absolute atomic E-state index is 12.5. The van der Waals surface area contributed by atoms with Crippen molar-refractivity contribution in [2.75, 3.05) is 13.1 Å². The minimum absolute atomic E-state index is 0.0252. The summed E-state index contributed by atoms with van der Waals surface area (Å²) in [6, 6.07) is 6.13. The summed E-state index contributed by atoms with van der Waals surface area (Å²) < 4.78 is 1.86. The van der Waals surface area contributed by atoms with E-state index in [1.54, 1.807) is 6.20 Å². The fourth-order valence-corrected chi connectivity index (χ4v) is 3.47. The number of amides is 1. The van der Waals surface area contributed by atoms with Crippen LogP contribution in [0.5, 0.6) is 0 Å². The first-order valence-corrected chi connectivity index (χ1v) is 9.27. The monoisotopic (exact) mass is 348 g/mol. The van der Waals surface area contributed by atoms with Gasteiger partial charge in [0.1, 0.15) is 0 Å². The van der Waals surface area contributed by atoms with Gasteiger partial charge in [-0.1, -0.05) is 12.1 Å². The molecule has 0 fully saturated rings. The Labute approximate surface area is 154 Å². The number of aryl methyl sites for hydroxylation is 1. The molecule has 0 saturated heterocycles. The van der Waals surface area contributed by atoms with Crippen LogP contribution in [0.3, 0.4) is 0 Å². The average molecular weight is 348 g/mol. The molecule has 1 aromatic carbocycles. The fraction of sp³-hybridized carbons (Fsp3) is 0.333. The van der Waals surface area contributed by atoms with E-state index in [1.807, 2.05) is 23.9 Å². The van der Waals surface area contributed by atoms with Gasteiger partial charge in [-0.05, 0) is 55.2 Å². The number of hydrogen-bond acceptors (Lipinski definition) is 3. The van der Waals surface area contributed by atoms with Crippen LogP contribution in [-0.2, 0) is 25.9 Å². The first-order valence-electron chi connectivity index (χ1n) is 9.27. The number of fused-ring (bicyclic) bond motifs is 1. The third-order valence-electron chi connectivity index (χ3n) is 5.13. The average Bonchev–Trinajstić information content (AvgIpc) is 2.99. The zero-order chi connectivity index (χ0) is 17.9. The molecule has 1 aliphatic carbocycles. The Morgan fingerprint density at radius 3 is 2.73 bits per heavy atom. The van der Waals surface area contributed by atoms with Gasteiger partial charge in [0.2, 0.25) is 0 Å². The molecule has 1 aromatic heterocycles. The normalized spacial score (nSPS) is 15.7. The molecule has 0 unspecified atom stereocenters. The summed E-state index contributed by atoms with van der Waals surface area (Å²) in [7, 11) is 0. The highest BCUT2D eigenvalue weighted by Gasteiger charge is 2.17. The fourth-order valence-electron chi connectivity index (χ4n) is 3.47. The lowest BCUT2D eigenvalue weighted by atomic mass is 10.00. The predicted molar refractivity (Wildman–Crippen MR) is 102 cm³/mol. The van der Waals surface area contributed by atoms with Crippen molar-refractivity contribution in [3.8, 4) is 0 Å². The highest BCUT2D eigenvalue weighted by atomic mass is 16.1. The van der Waals surface area contributed by atoms with Crippen LogP contribution in [0.2, 0.25) is 0 Å². The molecule has 0 bridgehead atoms. The van der Waals surface area contributed by atoms with Crippen LogP contribution in [0.15, 0.2) is 54.5 Å². The van der Waals surface area contributed by atoms with E-state index in [4.69, 9.17) is 0 Å². The molecule has 26 heavy (non-hydrogen) atoms. The third-order valence-corrected chi connectivity index (χ3v) is 5.13. The molecule has 0 spiro atoms. The Morgan fingerprint density at radius 1 is 1.23 bits per heavy atom. The minimum atomic E-state index is -0.0252. The standard InChI is InChI=1S/C21H24N4O/c1-2-25-15-16(14-23-25)13-22-21(26)19-7-6-17-8-10-24(20-4-3-5-20)11-9-18(17)12-19/h3-7,12,14-15H,2,8-11,13H2,1H3,(H,22,26). The molecule has 5 nitrogen and oxygen atoms in total. The van der Waals surface area contributed by atoms with Crippen LogP contribution in [0.25, 0.3) is 0 Å². The van der Waals surface area contributed by atoms with Crippen molar-refractivity contribution in [1.82, 2.24) is 20.0 Å². The highest BCUT2D eigenvalue weighted by Crippen LogP contribution is 2.22. The Kier molecular flexibility index (Phi) is 4.61. The number of carbonyl (C=O) groups is 1. The molecule has 2 aliphatic rings. The number of nitrogens with one attached hydrogen (secondary N) is 1. The van der Waals surface area contributed by atoms with Crippen molar-refractivity contribution in [3.05, 3.63) is 76.8 Å². The summed E-state index contributed by atoms with van der Waals surface area (Å²) in [6.45, 7) is 5.43. The minimum Gasteiger partial charge on any atom is -0.371 e. The van der Waals surface area contributed by atoms with E-state index in [1.165, 1.54) is 16.8 Å². The van der Waals surface area contributed by atoms with E-state index >= 15 is 0 Å². The van der Waals surface area contributed by atoms with E-state index < -0.39 is 0 Å². The number of aromatic nitrogens is 2. The molecule has 1 N–H and O–H groups in total. The van der Waals surface area contributed by atoms with Crippen molar-refractivity contribution < 1.29 is 4.79 Å². The Balaban J connectivity index is 1.40. The van der Waals surface area contributed by atoms with E-state index in [0.717, 1.165) is 43.6 Å². The molecule has 0 atom stereocenters. The lowest BCUT2D eigenvalue weighted by Crippen LogP contribution is -2.26. The van der Waals surface area contributed by atoms with E-state index in [2.05, 4.69) is 45.7 Å². The molecule has 1 amide bonds. The summed E-state index contributed by atoms with van der Waals surface area (Å²) >= 11 is 0. The maximum Gasteiger partial charge on any atom is 0.251 e. The van der Waals surface area contributed by atoms with Gasteiger partial charge in [-0.3, -0.25) is 9.48 Å². The summed E-state index contributed by atoms with van der Waals surface area (Å²) in [4.78, 5) is 14.9. The zero-order valence-electron chi connectivity index (χ0n) is 15.1. The molecular formula is C21H24N4O. The molecule has 5 heteroatoms. The van der Waals surface area contributed by atoms with Crippen molar-refractivity contribution in [1.29, 1.82) is 0 Å². The first kappa shape index (κ1) is 16.6. The van der Waals surface area contributed by atoms with Crippen molar-refractivity contribution in [3.63, 3.8) is 0 Å². The number of benzene rings is 1. The van der Waals surface area contributed by atoms with Crippen LogP contribution in [0, 0.1) is 0 Å². The van der Waals surface area contributed by atoms with Gasteiger partial charge in [-0.2, -0.15) is 5.10 Å². The zero-order valence-corrected chi connectivity index (χ0v) is 15.1. The lowest BCUT2D eigenvalue weighted by Gasteiger charge is -2.26. The lowest BCUT2D eigenvalue weighted by molar-refractivity contribution is 0.0951. The van der Waals surface area contributed by atoms with Crippen LogP contribution in [-0.4, -0.2) is 33.7 Å². The summed E-state index contributed by atoms with van der Waals surface area (Å²) in [5.74, 6) is -0.0252. The van der Waals surface area contributed by atoms with Gasteiger partial charge in [0, 0.05) is 49.2 Å². The molecule has 134 valence electrons. The molecule has 2 aromatic rings. The molecule has 2 heterocycles. The summed E-state index contributed by atoms with van der Waals surface area (Å²) in [5, 5.41) is 7.24.